The third-order valence-electron chi connectivity index (χ3n) is 2.86. The Balaban J connectivity index is 1.80. The summed E-state index contributed by atoms with van der Waals surface area (Å²) < 4.78 is 0. The highest BCUT2D eigenvalue weighted by Gasteiger charge is 2.24. The largest absolute Gasteiger partial charge is 0.310 e. The highest BCUT2D eigenvalue weighted by atomic mass is 35.5. The molecular weight excluding hydrogens is 194 g/mol. The van der Waals surface area contributed by atoms with Gasteiger partial charge in [0, 0.05) is 17.6 Å². The Labute approximate surface area is 90.5 Å². The van der Waals surface area contributed by atoms with Gasteiger partial charge < -0.3 is 5.32 Å². The minimum Gasteiger partial charge on any atom is -0.310 e. The first kappa shape index (κ1) is 10.0. The van der Waals surface area contributed by atoms with Crippen LogP contribution in [0.25, 0.3) is 0 Å². The first-order chi connectivity index (χ1) is 6.74. The van der Waals surface area contributed by atoms with Crippen LogP contribution < -0.4 is 5.32 Å². The van der Waals surface area contributed by atoms with Crippen molar-refractivity contribution in [2.24, 2.45) is 5.92 Å². The van der Waals surface area contributed by atoms with Crippen LogP contribution in [0.4, 0.5) is 0 Å². The van der Waals surface area contributed by atoms with Crippen LogP contribution in [0, 0.1) is 5.92 Å². The predicted molar refractivity (Wildman–Crippen MR) is 60.5 cm³/mol. The molecule has 0 radical (unpaired) electrons. The fourth-order valence-electron chi connectivity index (χ4n) is 1.98. The maximum Gasteiger partial charge on any atom is 0.0409 e. The molecule has 1 N–H and O–H groups in total. The zero-order valence-electron chi connectivity index (χ0n) is 8.46. The van der Waals surface area contributed by atoms with Gasteiger partial charge in [0.2, 0.25) is 0 Å². The van der Waals surface area contributed by atoms with E-state index in [0.29, 0.717) is 0 Å². The quantitative estimate of drug-likeness (QED) is 0.806. The summed E-state index contributed by atoms with van der Waals surface area (Å²) in [6.07, 6.45) is 2.64. The van der Waals surface area contributed by atoms with Crippen LogP contribution in [0.1, 0.15) is 25.3 Å². The number of nitrogens with one attached hydrogen (secondary N) is 1. The molecule has 0 bridgehead atoms. The fraction of sp³-hybridized carbons (Fsp3) is 0.500. The van der Waals surface area contributed by atoms with Crippen LogP contribution in [-0.4, -0.2) is 6.04 Å². The molecule has 1 aliphatic carbocycles. The number of hydrogen-bond donors (Lipinski definition) is 1. The summed E-state index contributed by atoms with van der Waals surface area (Å²) in [7, 11) is 0. The van der Waals surface area contributed by atoms with E-state index < -0.39 is 0 Å². The van der Waals surface area contributed by atoms with Gasteiger partial charge in [-0.15, -0.1) is 0 Å². The lowest BCUT2D eigenvalue weighted by molar-refractivity contribution is 0.240. The second-order valence-electron chi connectivity index (χ2n) is 4.28. The van der Waals surface area contributed by atoms with Gasteiger partial charge in [0.05, 0.1) is 0 Å². The lowest BCUT2D eigenvalue weighted by Crippen LogP contribution is -2.39. The van der Waals surface area contributed by atoms with Gasteiger partial charge in [-0.25, -0.2) is 0 Å². The molecule has 0 heterocycles. The normalized spacial score (nSPS) is 25.9. The first-order valence-corrected chi connectivity index (χ1v) is 5.59. The minimum absolute atomic E-state index is 0.726. The molecule has 0 aliphatic heterocycles. The summed E-state index contributed by atoms with van der Waals surface area (Å²) >= 11 is 5.90. The second-order valence-corrected chi connectivity index (χ2v) is 4.72. The van der Waals surface area contributed by atoms with E-state index in [2.05, 4.69) is 18.3 Å². The third kappa shape index (κ3) is 2.49. The van der Waals surface area contributed by atoms with Crippen molar-refractivity contribution in [2.75, 3.05) is 0 Å². The van der Waals surface area contributed by atoms with E-state index in [-0.39, 0.29) is 0 Å². The Morgan fingerprint density at radius 1 is 1.43 bits per heavy atom. The number of hydrogen-bond acceptors (Lipinski definition) is 1. The number of halogens is 1. The standard InChI is InChI=1S/C12H16ClN/c1-9-5-12(6-9)14-8-10-3-2-4-11(13)7-10/h2-4,7,9,12,14H,5-6,8H2,1H3. The van der Waals surface area contributed by atoms with Crippen molar-refractivity contribution in [3.63, 3.8) is 0 Å². The SMILES string of the molecule is CC1CC(NCc2cccc(Cl)c2)C1. The third-order valence-corrected chi connectivity index (χ3v) is 3.09. The Bertz CT molecular complexity index is 305. The predicted octanol–water partition coefficient (Wildman–Crippen LogP) is 3.23. The number of benzene rings is 1. The zero-order valence-corrected chi connectivity index (χ0v) is 9.22. The Hall–Kier alpha value is -0.530. The van der Waals surface area contributed by atoms with Crippen molar-refractivity contribution in [2.45, 2.75) is 32.4 Å². The van der Waals surface area contributed by atoms with Crippen LogP contribution in [0.2, 0.25) is 5.02 Å². The second kappa shape index (κ2) is 4.33. The lowest BCUT2D eigenvalue weighted by atomic mass is 9.82. The maximum atomic E-state index is 5.90. The van der Waals surface area contributed by atoms with E-state index in [1.165, 1.54) is 18.4 Å². The van der Waals surface area contributed by atoms with Gasteiger partial charge in [-0.05, 0) is 36.5 Å². The highest BCUT2D eigenvalue weighted by molar-refractivity contribution is 6.30. The Morgan fingerprint density at radius 3 is 2.86 bits per heavy atom. The lowest BCUT2D eigenvalue weighted by Gasteiger charge is -2.33. The molecule has 76 valence electrons. The fourth-order valence-corrected chi connectivity index (χ4v) is 2.19. The molecule has 14 heavy (non-hydrogen) atoms. The van der Waals surface area contributed by atoms with Crippen LogP contribution in [0.15, 0.2) is 24.3 Å². The van der Waals surface area contributed by atoms with Crippen LogP contribution >= 0.6 is 11.6 Å². The van der Waals surface area contributed by atoms with E-state index >= 15 is 0 Å². The van der Waals surface area contributed by atoms with Crippen LogP contribution in [0.5, 0.6) is 0 Å². The summed E-state index contributed by atoms with van der Waals surface area (Å²) in [4.78, 5) is 0. The zero-order chi connectivity index (χ0) is 9.97. The average Bonchev–Trinajstić information content (AvgIpc) is 2.11. The van der Waals surface area contributed by atoms with Gasteiger partial charge in [0.1, 0.15) is 0 Å². The van der Waals surface area contributed by atoms with Crippen molar-refractivity contribution >= 4 is 11.6 Å². The van der Waals surface area contributed by atoms with Gasteiger partial charge in [0.25, 0.3) is 0 Å². The van der Waals surface area contributed by atoms with E-state index in [1.807, 2.05) is 18.2 Å². The smallest absolute Gasteiger partial charge is 0.0409 e. The molecule has 1 fully saturated rings. The maximum absolute atomic E-state index is 5.90. The summed E-state index contributed by atoms with van der Waals surface area (Å²) in [6.45, 7) is 3.25. The van der Waals surface area contributed by atoms with Gasteiger partial charge in [-0.3, -0.25) is 0 Å². The summed E-state index contributed by atoms with van der Waals surface area (Å²) in [5, 5.41) is 4.36. The molecular formula is C12H16ClN. The molecule has 0 aromatic heterocycles. The van der Waals surface area contributed by atoms with Crippen LogP contribution in [-0.2, 0) is 6.54 Å². The van der Waals surface area contributed by atoms with E-state index in [9.17, 15) is 0 Å². The molecule has 0 atom stereocenters. The average molecular weight is 210 g/mol. The highest BCUT2D eigenvalue weighted by Crippen LogP contribution is 2.26. The summed E-state index contributed by atoms with van der Waals surface area (Å²) in [6, 6.07) is 8.78. The van der Waals surface area contributed by atoms with Crippen LogP contribution in [0.3, 0.4) is 0 Å². The van der Waals surface area contributed by atoms with Gasteiger partial charge in [-0.2, -0.15) is 0 Å². The van der Waals surface area contributed by atoms with E-state index in [0.717, 1.165) is 23.5 Å². The molecule has 2 heteroatoms. The monoisotopic (exact) mass is 209 g/mol. The van der Waals surface area contributed by atoms with E-state index in [1.54, 1.807) is 0 Å². The minimum atomic E-state index is 0.726. The molecule has 1 aliphatic rings. The molecule has 0 saturated heterocycles. The van der Waals surface area contributed by atoms with Gasteiger partial charge >= 0.3 is 0 Å². The summed E-state index contributed by atoms with van der Waals surface area (Å²) in [5.41, 5.74) is 1.28. The Morgan fingerprint density at radius 2 is 2.21 bits per heavy atom. The molecule has 1 aromatic carbocycles. The number of rotatable bonds is 3. The van der Waals surface area contributed by atoms with Gasteiger partial charge in [-0.1, -0.05) is 30.7 Å². The Kier molecular flexibility index (Phi) is 3.09. The van der Waals surface area contributed by atoms with Crippen molar-refractivity contribution in [3.8, 4) is 0 Å². The molecule has 0 spiro atoms. The first-order valence-electron chi connectivity index (χ1n) is 5.22. The summed E-state index contributed by atoms with van der Waals surface area (Å²) in [5.74, 6) is 0.909. The van der Waals surface area contributed by atoms with Gasteiger partial charge in [0.15, 0.2) is 0 Å². The molecule has 2 rings (SSSR count). The van der Waals surface area contributed by atoms with Crippen molar-refractivity contribution in [1.29, 1.82) is 0 Å². The molecule has 1 aromatic rings. The van der Waals surface area contributed by atoms with Crippen molar-refractivity contribution < 1.29 is 0 Å². The molecule has 0 unspecified atom stereocenters. The van der Waals surface area contributed by atoms with Crippen molar-refractivity contribution in [1.82, 2.24) is 5.32 Å². The molecule has 1 nitrogen and oxygen atoms in total. The molecule has 0 amide bonds. The van der Waals surface area contributed by atoms with E-state index in [4.69, 9.17) is 11.6 Å². The van der Waals surface area contributed by atoms with Crippen molar-refractivity contribution in [3.05, 3.63) is 34.9 Å². The topological polar surface area (TPSA) is 12.0 Å². The molecule has 1 saturated carbocycles.